The van der Waals surface area contributed by atoms with Gasteiger partial charge in [-0.3, -0.25) is 4.79 Å². The lowest BCUT2D eigenvalue weighted by Crippen LogP contribution is -2.16. The van der Waals surface area contributed by atoms with Crippen molar-refractivity contribution in [3.63, 3.8) is 0 Å². The number of benzene rings is 3. The molecule has 0 saturated heterocycles. The Morgan fingerprint density at radius 1 is 0.967 bits per heavy atom. The average molecular weight is 487 g/mol. The number of carbonyl (C=O) groups is 1. The molecule has 0 aliphatic rings. The first-order valence-corrected chi connectivity index (χ1v) is 11.7. The zero-order valence-electron chi connectivity index (χ0n) is 16.5. The summed E-state index contributed by atoms with van der Waals surface area (Å²) >= 11 is 3.32. The Labute approximate surface area is 184 Å². The number of hydrogen-bond acceptors (Lipinski definition) is 3. The monoisotopic (exact) mass is 486 g/mol. The number of rotatable bonds is 6. The van der Waals surface area contributed by atoms with Gasteiger partial charge in [0, 0.05) is 10.0 Å². The highest BCUT2D eigenvalue weighted by atomic mass is 79.9. The molecule has 0 atom stereocenters. The Balaban J connectivity index is 2.11. The minimum atomic E-state index is -4.00. The molecular weight excluding hydrogens is 467 g/mol. The van der Waals surface area contributed by atoms with Gasteiger partial charge in [0.15, 0.2) is 9.84 Å². The van der Waals surface area contributed by atoms with Crippen molar-refractivity contribution in [1.29, 1.82) is 0 Å². The third-order valence-electron chi connectivity index (χ3n) is 4.66. The normalized spacial score (nSPS) is 12.1. The van der Waals surface area contributed by atoms with Crippen LogP contribution in [0.2, 0.25) is 0 Å². The minimum absolute atomic E-state index is 0.275. The SMILES string of the molecule is Cc1ccc(C)c(/C=C(/C(=O)c2ccc(Br)cc2)S(=O)(=O)Cc2ccc(F)cc2)c1. The topological polar surface area (TPSA) is 51.2 Å². The first-order chi connectivity index (χ1) is 14.2. The van der Waals surface area contributed by atoms with Crippen LogP contribution < -0.4 is 0 Å². The smallest absolute Gasteiger partial charge is 0.204 e. The molecule has 0 unspecified atom stereocenters. The molecule has 0 bridgehead atoms. The number of Topliss-reactive ketones (excluding diaryl/α,β-unsaturated/α-hetero) is 1. The zero-order chi connectivity index (χ0) is 21.9. The van der Waals surface area contributed by atoms with Crippen molar-refractivity contribution in [1.82, 2.24) is 0 Å². The Morgan fingerprint density at radius 2 is 1.60 bits per heavy atom. The van der Waals surface area contributed by atoms with Gasteiger partial charge in [-0.1, -0.05) is 51.8 Å². The van der Waals surface area contributed by atoms with Crippen LogP contribution in [0.4, 0.5) is 4.39 Å². The van der Waals surface area contributed by atoms with Crippen LogP contribution >= 0.6 is 15.9 Å². The van der Waals surface area contributed by atoms with Crippen LogP contribution in [-0.2, 0) is 15.6 Å². The molecule has 0 radical (unpaired) electrons. The van der Waals surface area contributed by atoms with Gasteiger partial charge in [-0.25, -0.2) is 12.8 Å². The Bertz CT molecular complexity index is 1210. The fourth-order valence-electron chi connectivity index (χ4n) is 2.97. The summed E-state index contributed by atoms with van der Waals surface area (Å²) in [5, 5.41) is 0. The molecule has 3 aromatic carbocycles. The van der Waals surface area contributed by atoms with Crippen LogP contribution in [0.15, 0.2) is 76.1 Å². The van der Waals surface area contributed by atoms with Gasteiger partial charge < -0.3 is 0 Å². The maximum absolute atomic E-state index is 13.3. The van der Waals surface area contributed by atoms with Gasteiger partial charge in [-0.2, -0.15) is 0 Å². The first-order valence-electron chi connectivity index (χ1n) is 9.22. The molecule has 0 heterocycles. The van der Waals surface area contributed by atoms with E-state index in [4.69, 9.17) is 0 Å². The lowest BCUT2D eigenvalue weighted by molar-refractivity contribution is 0.104. The number of ketones is 1. The third-order valence-corrected chi connectivity index (χ3v) is 6.87. The van der Waals surface area contributed by atoms with E-state index in [-0.39, 0.29) is 10.5 Å². The Kier molecular flexibility index (Phi) is 6.68. The largest absolute Gasteiger partial charge is 0.288 e. The van der Waals surface area contributed by atoms with E-state index >= 15 is 0 Å². The highest BCUT2D eigenvalue weighted by Gasteiger charge is 2.27. The van der Waals surface area contributed by atoms with Gasteiger partial charge >= 0.3 is 0 Å². The van der Waals surface area contributed by atoms with Crippen molar-refractivity contribution >= 4 is 37.6 Å². The highest BCUT2D eigenvalue weighted by molar-refractivity contribution is 9.10. The molecule has 0 fully saturated rings. The molecule has 30 heavy (non-hydrogen) atoms. The van der Waals surface area contributed by atoms with E-state index in [0.29, 0.717) is 11.1 Å². The quantitative estimate of drug-likeness (QED) is 0.315. The summed E-state index contributed by atoms with van der Waals surface area (Å²) in [6.07, 6.45) is 1.44. The summed E-state index contributed by atoms with van der Waals surface area (Å²) in [6, 6.07) is 17.4. The highest BCUT2D eigenvalue weighted by Crippen LogP contribution is 2.25. The number of sulfone groups is 1. The number of allylic oxidation sites excluding steroid dienone is 1. The molecule has 3 nitrogen and oxygen atoms in total. The van der Waals surface area contributed by atoms with Crippen molar-refractivity contribution in [2.75, 3.05) is 0 Å². The van der Waals surface area contributed by atoms with Crippen LogP contribution in [-0.4, -0.2) is 14.2 Å². The molecule has 154 valence electrons. The van der Waals surface area contributed by atoms with E-state index in [2.05, 4.69) is 15.9 Å². The van der Waals surface area contributed by atoms with Crippen molar-refractivity contribution in [3.05, 3.63) is 110 Å². The Hall–Kier alpha value is -2.57. The minimum Gasteiger partial charge on any atom is -0.288 e. The fourth-order valence-corrected chi connectivity index (χ4v) is 4.73. The van der Waals surface area contributed by atoms with Crippen molar-refractivity contribution in [2.24, 2.45) is 0 Å². The van der Waals surface area contributed by atoms with Gasteiger partial charge in [-0.15, -0.1) is 0 Å². The van der Waals surface area contributed by atoms with Gasteiger partial charge in [-0.05, 0) is 73.0 Å². The van der Waals surface area contributed by atoms with Crippen LogP contribution in [0.25, 0.3) is 6.08 Å². The van der Waals surface area contributed by atoms with Crippen LogP contribution in [0.3, 0.4) is 0 Å². The summed E-state index contributed by atoms with van der Waals surface area (Å²) in [7, 11) is -4.00. The molecular formula is C24H20BrFO3S. The molecule has 3 aromatic rings. The second-order valence-corrected chi connectivity index (χ2v) is 9.96. The summed E-state index contributed by atoms with van der Waals surface area (Å²) in [5.74, 6) is -1.43. The van der Waals surface area contributed by atoms with Gasteiger partial charge in [0.2, 0.25) is 5.78 Å². The molecule has 0 spiro atoms. The van der Waals surface area contributed by atoms with Gasteiger partial charge in [0.05, 0.1) is 5.75 Å². The number of carbonyl (C=O) groups excluding carboxylic acids is 1. The standard InChI is InChI=1S/C24H20BrFO3S/c1-16-3-4-17(2)20(13-16)14-23(24(27)19-7-9-21(25)10-8-19)30(28,29)15-18-5-11-22(26)12-6-18/h3-14H,15H2,1-2H3/b23-14-. The van der Waals surface area contributed by atoms with Gasteiger partial charge in [0.1, 0.15) is 10.7 Å². The second-order valence-electron chi connectivity index (χ2n) is 7.09. The molecule has 0 aromatic heterocycles. The van der Waals surface area contributed by atoms with Crippen molar-refractivity contribution < 1.29 is 17.6 Å². The van der Waals surface area contributed by atoms with Gasteiger partial charge in [0.25, 0.3) is 0 Å². The van der Waals surface area contributed by atoms with E-state index in [1.54, 1.807) is 24.3 Å². The number of halogens is 2. The summed E-state index contributed by atoms with van der Waals surface area (Å²) in [4.78, 5) is 12.9. The molecule has 0 N–H and O–H groups in total. The lowest BCUT2D eigenvalue weighted by Gasteiger charge is -2.11. The molecule has 3 rings (SSSR count). The van der Waals surface area contributed by atoms with E-state index < -0.39 is 27.2 Å². The van der Waals surface area contributed by atoms with E-state index in [1.807, 2.05) is 32.0 Å². The van der Waals surface area contributed by atoms with Crippen molar-refractivity contribution in [3.8, 4) is 0 Å². The predicted molar refractivity (Wildman–Crippen MR) is 121 cm³/mol. The van der Waals surface area contributed by atoms with Crippen LogP contribution in [0, 0.1) is 19.7 Å². The van der Waals surface area contributed by atoms with Crippen LogP contribution in [0.5, 0.6) is 0 Å². The first kappa shape index (κ1) is 22.1. The predicted octanol–water partition coefficient (Wildman–Crippen LogP) is 6.04. The maximum Gasteiger partial charge on any atom is 0.204 e. The summed E-state index contributed by atoms with van der Waals surface area (Å²) in [5.41, 5.74) is 3.17. The van der Waals surface area contributed by atoms with E-state index in [1.165, 1.54) is 30.3 Å². The lowest BCUT2D eigenvalue weighted by atomic mass is 10.0. The number of hydrogen-bond donors (Lipinski definition) is 0. The maximum atomic E-state index is 13.3. The average Bonchev–Trinajstić information content (AvgIpc) is 2.70. The Morgan fingerprint density at radius 3 is 2.23 bits per heavy atom. The number of aryl methyl sites for hydroxylation is 2. The molecule has 0 saturated carbocycles. The zero-order valence-corrected chi connectivity index (χ0v) is 18.9. The fraction of sp³-hybridized carbons (Fsp3) is 0.125. The second kappa shape index (κ2) is 9.06. The molecule has 0 aliphatic heterocycles. The molecule has 0 aliphatic carbocycles. The summed E-state index contributed by atoms with van der Waals surface area (Å²) < 4.78 is 40.5. The van der Waals surface area contributed by atoms with Crippen LogP contribution in [0.1, 0.15) is 32.6 Å². The molecule has 6 heteroatoms. The third kappa shape index (κ3) is 5.32. The van der Waals surface area contributed by atoms with E-state index in [0.717, 1.165) is 15.6 Å². The molecule has 0 amide bonds. The van der Waals surface area contributed by atoms with Crippen molar-refractivity contribution in [2.45, 2.75) is 19.6 Å². The summed E-state index contributed by atoms with van der Waals surface area (Å²) in [6.45, 7) is 3.76. The van der Waals surface area contributed by atoms with E-state index in [9.17, 15) is 17.6 Å².